The summed E-state index contributed by atoms with van der Waals surface area (Å²) < 4.78 is 39.9. The molecule has 0 aromatic carbocycles. The van der Waals surface area contributed by atoms with Gasteiger partial charge in [0.05, 0.1) is 50.7 Å². The van der Waals surface area contributed by atoms with Crippen LogP contribution in [0.1, 0.15) is 168 Å². The molecule has 3 aliphatic heterocycles. The van der Waals surface area contributed by atoms with Crippen molar-refractivity contribution in [1.29, 1.82) is 0 Å². The molecule has 24 nitrogen and oxygen atoms in total. The van der Waals surface area contributed by atoms with Gasteiger partial charge in [-0.2, -0.15) is 0 Å². The summed E-state index contributed by atoms with van der Waals surface area (Å²) in [5.74, 6) is -5.74. The molecular formula is C56H102N2O22. The summed E-state index contributed by atoms with van der Waals surface area (Å²) in [6.07, 6.45) is -2.09. The smallest absolute Gasteiger partial charge is 0.364 e. The highest BCUT2D eigenvalue weighted by molar-refractivity contribution is 5.78. The molecule has 3 rings (SSSR count). The Bertz CT molecular complexity index is 1710. The highest BCUT2D eigenvalue weighted by Crippen LogP contribution is 2.39. The fourth-order valence-corrected chi connectivity index (χ4v) is 10.4. The first-order valence-corrected chi connectivity index (χ1v) is 29.5. The van der Waals surface area contributed by atoms with Gasteiger partial charge in [-0.1, -0.05) is 148 Å². The van der Waals surface area contributed by atoms with E-state index in [1.807, 2.05) is 6.08 Å². The second-order valence-corrected chi connectivity index (χ2v) is 22.2. The van der Waals surface area contributed by atoms with Crippen molar-refractivity contribution in [2.45, 2.75) is 278 Å². The van der Waals surface area contributed by atoms with Crippen LogP contribution in [0, 0.1) is 5.92 Å². The lowest BCUT2D eigenvalue weighted by Crippen LogP contribution is -2.71. The van der Waals surface area contributed by atoms with Gasteiger partial charge in [0.1, 0.15) is 73.8 Å². The minimum Gasteiger partial charge on any atom is -0.477 e. The lowest BCUT2D eigenvalue weighted by atomic mass is 9.88. The molecule has 80 heavy (non-hydrogen) atoms. The van der Waals surface area contributed by atoms with Gasteiger partial charge >= 0.3 is 5.97 Å². The summed E-state index contributed by atoms with van der Waals surface area (Å²) in [6.45, 7) is 2.38. The lowest BCUT2D eigenvalue weighted by molar-refractivity contribution is -0.386. The van der Waals surface area contributed by atoms with Gasteiger partial charge in [-0.25, -0.2) is 4.79 Å². The van der Waals surface area contributed by atoms with Crippen molar-refractivity contribution in [1.82, 2.24) is 10.6 Å². The number of hydrogen-bond donors (Lipinski definition) is 14. The van der Waals surface area contributed by atoms with E-state index in [9.17, 15) is 75.7 Å². The number of hydrogen-bond acceptors (Lipinski definition) is 21. The highest BCUT2D eigenvalue weighted by Gasteiger charge is 2.60. The van der Waals surface area contributed by atoms with E-state index in [-0.39, 0.29) is 12.3 Å². The summed E-state index contributed by atoms with van der Waals surface area (Å²) in [7, 11) is 1.08. The largest absolute Gasteiger partial charge is 0.477 e. The SMILES string of the molecule is CCCCCCCCCCCCCC(=O)NC(CO[C@@H]1O[C@H](CO)[C@@H](O[C@H]2O[C@H](CO)[C@H](O)[C@H](O[C@]3(C(=O)O)C[C@H](O)[C@@H](NC(=O)CO)[C@H]([C@@H](O)[C@@H](CO)OC)O3)[C@H]2O)[C@H](O)[C@H]1O)C(O)/C=C/CCCCCCCCCCC(C)C. The number of aliphatic hydroxyl groups excluding tert-OH is 11. The molecule has 3 heterocycles. The van der Waals surface area contributed by atoms with Crippen molar-refractivity contribution < 1.29 is 109 Å². The second kappa shape index (κ2) is 39.1. The van der Waals surface area contributed by atoms with E-state index in [1.54, 1.807) is 6.08 Å². The van der Waals surface area contributed by atoms with E-state index >= 15 is 0 Å². The molecular weight excluding hydrogens is 1050 g/mol. The van der Waals surface area contributed by atoms with Crippen LogP contribution in [-0.4, -0.2) is 229 Å². The molecule has 0 saturated carbocycles. The van der Waals surface area contributed by atoms with Crippen molar-refractivity contribution >= 4 is 17.8 Å². The number of ether oxygens (including phenoxy) is 7. The molecule has 2 amide bonds. The highest BCUT2D eigenvalue weighted by atomic mass is 16.8. The number of aliphatic carboxylic acids is 1. The lowest BCUT2D eigenvalue weighted by Gasteiger charge is -2.50. The third kappa shape index (κ3) is 23.5. The van der Waals surface area contributed by atoms with E-state index in [1.165, 1.54) is 77.0 Å². The number of unbranched alkanes of at least 4 members (excludes halogenated alkanes) is 18. The van der Waals surface area contributed by atoms with Crippen LogP contribution in [0.25, 0.3) is 0 Å². The molecule has 0 aromatic heterocycles. The zero-order valence-electron chi connectivity index (χ0n) is 47.8. The van der Waals surface area contributed by atoms with Gasteiger partial charge in [0.25, 0.3) is 5.79 Å². The van der Waals surface area contributed by atoms with Crippen LogP contribution < -0.4 is 10.6 Å². The van der Waals surface area contributed by atoms with Crippen molar-refractivity contribution in [3.63, 3.8) is 0 Å². The number of rotatable bonds is 42. The molecule has 3 aliphatic rings. The van der Waals surface area contributed by atoms with E-state index in [0.29, 0.717) is 12.8 Å². The Morgan fingerprint density at radius 3 is 1.82 bits per heavy atom. The molecule has 0 spiro atoms. The zero-order chi connectivity index (χ0) is 59.2. The molecule has 0 aliphatic carbocycles. The second-order valence-electron chi connectivity index (χ2n) is 22.2. The maximum absolute atomic E-state index is 13.3. The molecule has 24 heteroatoms. The minimum absolute atomic E-state index is 0.199. The van der Waals surface area contributed by atoms with Crippen LogP contribution in [0.5, 0.6) is 0 Å². The van der Waals surface area contributed by atoms with Crippen LogP contribution in [0.4, 0.5) is 0 Å². The Labute approximate surface area is 472 Å². The molecule has 0 aromatic rings. The van der Waals surface area contributed by atoms with Gasteiger partial charge in [-0.3, -0.25) is 9.59 Å². The Kier molecular flexibility index (Phi) is 35.1. The van der Waals surface area contributed by atoms with Gasteiger partial charge in [0.2, 0.25) is 11.8 Å². The van der Waals surface area contributed by atoms with E-state index in [4.69, 9.17) is 33.2 Å². The standard InChI is InChI=1S/C56H102N2O22/c1-5-6-7-8-9-10-11-16-19-22-25-28-42(65)57-36(37(63)27-24-21-18-15-13-12-14-17-20-23-26-35(2)3)34-75-53-48(70)47(69)50(41(32-61)77-53)78-54-49(71)52(46(68)40(31-60)76-54)80-56(55(72)73)29-38(64)44(58-43(66)33-62)51(79-56)45(67)39(30-59)74-4/h24,27,35-41,44-54,59-64,67-71H,5-23,25-26,28-34H2,1-4H3,(H,57,65)(H,58,66)(H,72,73)/b27-24+/t36?,37?,38-,39+,40+,41+,44+,45-,46-,47+,48+,49+,50+,51+,52-,53+,54+,56-/m0/s1. The first-order valence-electron chi connectivity index (χ1n) is 29.5. The van der Waals surface area contributed by atoms with Crippen molar-refractivity contribution in [3.05, 3.63) is 12.2 Å². The zero-order valence-corrected chi connectivity index (χ0v) is 47.8. The number of allylic oxidation sites excluding steroid dienone is 1. The van der Waals surface area contributed by atoms with E-state index in [0.717, 1.165) is 58.0 Å². The fraction of sp³-hybridized carbons (Fsp3) is 0.911. The maximum Gasteiger partial charge on any atom is 0.364 e. The Balaban J connectivity index is 1.72. The van der Waals surface area contributed by atoms with Crippen LogP contribution in [0.15, 0.2) is 12.2 Å². The van der Waals surface area contributed by atoms with Gasteiger partial charge < -0.3 is 105 Å². The molecule has 3 saturated heterocycles. The number of carboxylic acid groups (broad SMARTS) is 1. The topological polar surface area (TPSA) is 383 Å². The van der Waals surface area contributed by atoms with Crippen molar-refractivity contribution in [2.75, 3.05) is 40.1 Å². The van der Waals surface area contributed by atoms with Gasteiger partial charge in [-0.05, 0) is 25.2 Å². The quantitative estimate of drug-likeness (QED) is 0.0300. The number of carboxylic acids is 1. The molecule has 0 bridgehead atoms. The Morgan fingerprint density at radius 2 is 1.27 bits per heavy atom. The maximum atomic E-state index is 13.3. The minimum atomic E-state index is -3.09. The number of amides is 2. The summed E-state index contributed by atoms with van der Waals surface area (Å²) in [6, 6.07) is -2.69. The number of methoxy groups -OCH3 is 1. The number of nitrogens with one attached hydrogen (secondary N) is 2. The third-order valence-electron chi connectivity index (χ3n) is 15.3. The summed E-state index contributed by atoms with van der Waals surface area (Å²) in [5.41, 5.74) is 0. The van der Waals surface area contributed by atoms with Crippen LogP contribution in [0.2, 0.25) is 0 Å². The third-order valence-corrected chi connectivity index (χ3v) is 15.3. The molecule has 14 N–H and O–H groups in total. The van der Waals surface area contributed by atoms with E-state index < -0.39 is 161 Å². The first-order chi connectivity index (χ1) is 38.3. The average molecular weight is 1160 g/mol. The number of carbonyl (C=O) groups is 3. The van der Waals surface area contributed by atoms with Crippen LogP contribution in [-0.2, 0) is 47.5 Å². The van der Waals surface area contributed by atoms with Gasteiger partial charge in [-0.15, -0.1) is 0 Å². The van der Waals surface area contributed by atoms with Crippen molar-refractivity contribution in [2.24, 2.45) is 5.92 Å². The predicted octanol–water partition coefficient (Wildman–Crippen LogP) is 1.09. The van der Waals surface area contributed by atoms with Gasteiger partial charge in [0, 0.05) is 20.0 Å². The molecule has 2 unspecified atom stereocenters. The Hall–Kier alpha value is -2.57. The average Bonchev–Trinajstić information content (AvgIpc) is 3.43. The van der Waals surface area contributed by atoms with Crippen LogP contribution >= 0.6 is 0 Å². The molecule has 18 atom stereocenters. The molecule has 468 valence electrons. The number of carbonyl (C=O) groups excluding carboxylic acids is 2. The normalized spacial score (nSPS) is 30.8. The van der Waals surface area contributed by atoms with Crippen molar-refractivity contribution in [3.8, 4) is 0 Å². The summed E-state index contributed by atoms with van der Waals surface area (Å²) >= 11 is 0. The summed E-state index contributed by atoms with van der Waals surface area (Å²) in [5, 5.41) is 135. The molecule has 0 radical (unpaired) electrons. The van der Waals surface area contributed by atoms with Gasteiger partial charge in [0.15, 0.2) is 12.6 Å². The Morgan fingerprint density at radius 1 is 0.700 bits per heavy atom. The first kappa shape index (κ1) is 71.7. The summed E-state index contributed by atoms with van der Waals surface area (Å²) in [4.78, 5) is 38.6. The number of aliphatic hydroxyl groups is 11. The fourth-order valence-electron chi connectivity index (χ4n) is 10.4. The monoisotopic (exact) mass is 1150 g/mol. The van der Waals surface area contributed by atoms with Crippen LogP contribution in [0.3, 0.4) is 0 Å². The molecule has 3 fully saturated rings. The predicted molar refractivity (Wildman–Crippen MR) is 289 cm³/mol. The van der Waals surface area contributed by atoms with E-state index in [2.05, 4.69) is 31.4 Å².